The van der Waals surface area contributed by atoms with Gasteiger partial charge in [-0.15, -0.1) is 0 Å². The zero-order valence-electron chi connectivity index (χ0n) is 16.5. The van der Waals surface area contributed by atoms with Crippen LogP contribution in [0.5, 0.6) is 5.75 Å². The summed E-state index contributed by atoms with van der Waals surface area (Å²) in [5, 5.41) is 6.64. The molecule has 6 heteroatoms. The normalized spacial score (nSPS) is 11.3. The van der Waals surface area contributed by atoms with Crippen molar-refractivity contribution in [3.05, 3.63) is 64.1 Å². The Morgan fingerprint density at radius 1 is 1.07 bits per heavy atom. The van der Waals surface area contributed by atoms with Gasteiger partial charge in [0, 0.05) is 38.4 Å². The molecule has 0 fully saturated rings. The van der Waals surface area contributed by atoms with Crippen LogP contribution in [0.3, 0.4) is 0 Å². The second kappa shape index (κ2) is 11.1. The van der Waals surface area contributed by atoms with Crippen LogP contribution in [-0.4, -0.2) is 37.8 Å². The van der Waals surface area contributed by atoms with E-state index >= 15 is 0 Å². The third-order valence-electron chi connectivity index (χ3n) is 4.47. The second-order valence-corrected chi connectivity index (χ2v) is 6.35. The molecule has 0 aliphatic rings. The Labute approximate surface area is 161 Å². The first-order valence-electron chi connectivity index (χ1n) is 9.38. The molecule has 1 aromatic carbocycles. The van der Waals surface area contributed by atoms with Gasteiger partial charge in [-0.1, -0.05) is 24.3 Å². The van der Waals surface area contributed by atoms with Gasteiger partial charge in [0.05, 0.1) is 7.11 Å². The van der Waals surface area contributed by atoms with Crippen LogP contribution in [0.4, 0.5) is 0 Å². The highest BCUT2D eigenvalue weighted by Crippen LogP contribution is 2.17. The molecule has 6 nitrogen and oxygen atoms in total. The minimum Gasteiger partial charge on any atom is -0.496 e. The first-order chi connectivity index (χ1) is 13.2. The topological polar surface area (TPSA) is 67.7 Å². The fourth-order valence-corrected chi connectivity index (χ4v) is 2.96. The molecule has 2 rings (SSSR count). The number of hydrogen-bond donors (Lipinski definition) is 2. The molecule has 0 saturated heterocycles. The van der Waals surface area contributed by atoms with Gasteiger partial charge in [0.15, 0.2) is 5.96 Å². The summed E-state index contributed by atoms with van der Waals surface area (Å²) in [7, 11) is 3.46. The van der Waals surface area contributed by atoms with Gasteiger partial charge in [-0.3, -0.25) is 9.79 Å². The van der Waals surface area contributed by atoms with Crippen molar-refractivity contribution >= 4 is 5.96 Å². The number of aromatic nitrogens is 1. The molecule has 2 N–H and O–H groups in total. The van der Waals surface area contributed by atoms with E-state index in [1.807, 2.05) is 35.8 Å². The van der Waals surface area contributed by atoms with Crippen molar-refractivity contribution < 1.29 is 4.74 Å². The van der Waals surface area contributed by atoms with Crippen molar-refractivity contribution in [3.63, 3.8) is 0 Å². The molecule has 0 aliphatic carbocycles. The Morgan fingerprint density at radius 3 is 2.59 bits per heavy atom. The van der Waals surface area contributed by atoms with Crippen molar-refractivity contribution in [2.75, 3.05) is 27.2 Å². The summed E-state index contributed by atoms with van der Waals surface area (Å²) in [5.41, 5.74) is 2.24. The molecule has 1 aromatic heterocycles. The number of rotatable bonds is 9. The zero-order valence-corrected chi connectivity index (χ0v) is 16.5. The number of nitrogens with one attached hydrogen (secondary N) is 2. The predicted octanol–water partition coefficient (Wildman–Crippen LogP) is 2.35. The van der Waals surface area contributed by atoms with Gasteiger partial charge in [-0.2, -0.15) is 0 Å². The van der Waals surface area contributed by atoms with E-state index in [0.717, 1.165) is 56.3 Å². The Bertz CT molecular complexity index is 799. The van der Waals surface area contributed by atoms with Crippen LogP contribution < -0.4 is 20.9 Å². The summed E-state index contributed by atoms with van der Waals surface area (Å²) in [6.45, 7) is 4.30. The zero-order chi connectivity index (χ0) is 19.5. The lowest BCUT2D eigenvalue weighted by atomic mass is 10.1. The highest BCUT2D eigenvalue weighted by molar-refractivity contribution is 5.79. The average molecular weight is 370 g/mol. The monoisotopic (exact) mass is 370 g/mol. The van der Waals surface area contributed by atoms with Gasteiger partial charge in [0.25, 0.3) is 5.56 Å². The van der Waals surface area contributed by atoms with Crippen molar-refractivity contribution in [2.45, 2.75) is 32.7 Å². The van der Waals surface area contributed by atoms with Gasteiger partial charge in [-0.05, 0) is 43.9 Å². The quantitative estimate of drug-likeness (QED) is 0.404. The lowest BCUT2D eigenvalue weighted by molar-refractivity contribution is 0.409. The number of hydrogen-bond acceptors (Lipinski definition) is 3. The third-order valence-corrected chi connectivity index (χ3v) is 4.47. The number of aliphatic imine (C=N–C) groups is 1. The number of para-hydroxylation sites is 1. The molecule has 0 bridgehead atoms. The molecule has 0 spiro atoms. The third kappa shape index (κ3) is 6.47. The Kier molecular flexibility index (Phi) is 8.42. The van der Waals surface area contributed by atoms with E-state index < -0.39 is 0 Å². The highest BCUT2D eigenvalue weighted by Gasteiger charge is 2.03. The van der Waals surface area contributed by atoms with E-state index in [0.29, 0.717) is 0 Å². The van der Waals surface area contributed by atoms with Gasteiger partial charge in [0.1, 0.15) is 5.75 Å². The number of methoxy groups -OCH3 is 1. The average Bonchev–Trinajstić information content (AvgIpc) is 2.68. The molecule has 2 aromatic rings. The van der Waals surface area contributed by atoms with Gasteiger partial charge in [0.2, 0.25) is 0 Å². The molecule has 27 heavy (non-hydrogen) atoms. The number of nitrogens with zero attached hydrogens (tertiary/aromatic N) is 2. The van der Waals surface area contributed by atoms with Crippen molar-refractivity contribution in [1.82, 2.24) is 15.2 Å². The van der Waals surface area contributed by atoms with Crippen LogP contribution in [0.15, 0.2) is 52.3 Å². The van der Waals surface area contributed by atoms with Crippen molar-refractivity contribution in [3.8, 4) is 5.75 Å². The summed E-state index contributed by atoms with van der Waals surface area (Å²) in [6.07, 6.45) is 2.77. The van der Waals surface area contributed by atoms with E-state index in [9.17, 15) is 4.79 Å². The first kappa shape index (κ1) is 20.6. The van der Waals surface area contributed by atoms with E-state index in [1.165, 1.54) is 5.56 Å². The molecule has 146 valence electrons. The van der Waals surface area contributed by atoms with Gasteiger partial charge < -0.3 is 19.9 Å². The lowest BCUT2D eigenvalue weighted by Crippen LogP contribution is -2.38. The van der Waals surface area contributed by atoms with Crippen LogP contribution in [0.25, 0.3) is 0 Å². The number of unbranched alkanes of at least 4 members (excludes halogenated alkanes) is 1. The minimum atomic E-state index is 0.0665. The largest absolute Gasteiger partial charge is 0.496 e. The number of aryl methyl sites for hydroxylation is 1. The first-order valence-corrected chi connectivity index (χ1v) is 9.38. The number of guanidine groups is 1. The highest BCUT2D eigenvalue weighted by atomic mass is 16.5. The van der Waals surface area contributed by atoms with Gasteiger partial charge >= 0.3 is 0 Å². The summed E-state index contributed by atoms with van der Waals surface area (Å²) in [4.78, 5) is 16.1. The number of pyridine rings is 1. The molecule has 1 heterocycles. The molecule has 0 amide bonds. The van der Waals surface area contributed by atoms with E-state index in [4.69, 9.17) is 4.74 Å². The van der Waals surface area contributed by atoms with Gasteiger partial charge in [-0.25, -0.2) is 0 Å². The standard InChI is InChI=1S/C21H30N4O2/c1-17-9-8-12-20(26)25(17)16-7-6-14-23-21(22-2)24-15-13-18-10-4-5-11-19(18)27-3/h4-5,8-12H,6-7,13-16H2,1-3H3,(H2,22,23,24). The molecule has 0 atom stereocenters. The molecule has 0 aliphatic heterocycles. The number of benzene rings is 1. The number of ether oxygens (including phenoxy) is 1. The Balaban J connectivity index is 1.68. The van der Waals surface area contributed by atoms with Crippen LogP contribution in [0, 0.1) is 6.92 Å². The Hall–Kier alpha value is -2.76. The molecule has 0 unspecified atom stereocenters. The fourth-order valence-electron chi connectivity index (χ4n) is 2.96. The van der Waals surface area contributed by atoms with Crippen molar-refractivity contribution in [1.29, 1.82) is 0 Å². The smallest absolute Gasteiger partial charge is 0.250 e. The minimum absolute atomic E-state index is 0.0665. The van der Waals surface area contributed by atoms with E-state index in [-0.39, 0.29) is 5.56 Å². The summed E-state index contributed by atoms with van der Waals surface area (Å²) < 4.78 is 7.20. The van der Waals surface area contributed by atoms with Crippen LogP contribution in [0.2, 0.25) is 0 Å². The predicted molar refractivity (Wildman–Crippen MR) is 111 cm³/mol. The summed E-state index contributed by atoms with van der Waals surface area (Å²) in [6, 6.07) is 13.4. The SMILES string of the molecule is CN=C(NCCCCn1c(C)cccc1=O)NCCc1ccccc1OC. The van der Waals surface area contributed by atoms with Crippen LogP contribution in [0.1, 0.15) is 24.1 Å². The Morgan fingerprint density at radius 2 is 1.85 bits per heavy atom. The van der Waals surface area contributed by atoms with Crippen LogP contribution in [-0.2, 0) is 13.0 Å². The lowest BCUT2D eigenvalue weighted by Gasteiger charge is -2.13. The molecule has 0 radical (unpaired) electrons. The fraction of sp³-hybridized carbons (Fsp3) is 0.429. The van der Waals surface area contributed by atoms with E-state index in [1.54, 1.807) is 26.3 Å². The van der Waals surface area contributed by atoms with Crippen LogP contribution >= 0.6 is 0 Å². The van der Waals surface area contributed by atoms with E-state index in [2.05, 4.69) is 21.7 Å². The molecule has 0 saturated carbocycles. The maximum Gasteiger partial charge on any atom is 0.250 e. The molecular weight excluding hydrogens is 340 g/mol. The summed E-state index contributed by atoms with van der Waals surface area (Å²) in [5.74, 6) is 1.70. The van der Waals surface area contributed by atoms with Crippen molar-refractivity contribution in [2.24, 2.45) is 4.99 Å². The molecular formula is C21H30N4O2. The summed E-state index contributed by atoms with van der Waals surface area (Å²) >= 11 is 0. The maximum atomic E-state index is 11.8. The second-order valence-electron chi connectivity index (χ2n) is 6.35. The maximum absolute atomic E-state index is 11.8.